The topological polar surface area (TPSA) is 198 Å². The lowest BCUT2D eigenvalue weighted by molar-refractivity contribution is -0.348. The van der Waals surface area contributed by atoms with Crippen LogP contribution in [0, 0.1) is 0 Å². The first-order chi connectivity index (χ1) is 12.2. The second-order valence-corrected chi connectivity index (χ2v) is 6.26. The smallest absolute Gasteiger partial charge is 0.217 e. The van der Waals surface area contributed by atoms with Crippen LogP contribution in [0.4, 0.5) is 0 Å². The van der Waals surface area contributed by atoms with Gasteiger partial charge in [-0.1, -0.05) is 0 Å². The van der Waals surface area contributed by atoms with E-state index in [9.17, 15) is 35.4 Å². The second kappa shape index (κ2) is 8.84. The SMILES string of the molecule is CC(=O)N[C@H]1C(O[C@H]2[C@@H](O)[C@H](O)[C@@H](CO)O[C@H]2O)O[C@H](CO)[C@@H](O)[C@@H]1O. The highest BCUT2D eigenvalue weighted by Crippen LogP contribution is 2.28. The van der Waals surface area contributed by atoms with Gasteiger partial charge in [0.2, 0.25) is 5.91 Å². The minimum Gasteiger partial charge on any atom is -0.394 e. The van der Waals surface area contributed by atoms with Gasteiger partial charge in [0.1, 0.15) is 48.8 Å². The van der Waals surface area contributed by atoms with Crippen LogP contribution in [0.2, 0.25) is 0 Å². The Bertz CT molecular complexity index is 480. The van der Waals surface area contributed by atoms with Crippen molar-refractivity contribution < 1.29 is 54.8 Å². The molecule has 12 nitrogen and oxygen atoms in total. The van der Waals surface area contributed by atoms with Crippen LogP contribution in [0.3, 0.4) is 0 Å². The van der Waals surface area contributed by atoms with E-state index in [0.29, 0.717) is 0 Å². The normalized spacial score (nSPS) is 46.8. The minimum absolute atomic E-state index is 0.581. The Morgan fingerprint density at radius 1 is 0.923 bits per heavy atom. The van der Waals surface area contributed by atoms with Crippen molar-refractivity contribution in [3.8, 4) is 0 Å². The van der Waals surface area contributed by atoms with Gasteiger partial charge in [-0.25, -0.2) is 0 Å². The number of aliphatic hydroxyl groups excluding tert-OH is 7. The molecule has 0 radical (unpaired) electrons. The van der Waals surface area contributed by atoms with Gasteiger partial charge in [-0.05, 0) is 0 Å². The maximum Gasteiger partial charge on any atom is 0.217 e. The van der Waals surface area contributed by atoms with Gasteiger partial charge in [-0.2, -0.15) is 0 Å². The summed E-state index contributed by atoms with van der Waals surface area (Å²) in [6.07, 6.45) is -13.7. The Morgan fingerprint density at radius 2 is 1.46 bits per heavy atom. The molecule has 0 aromatic rings. The third-order valence-corrected chi connectivity index (χ3v) is 4.38. The van der Waals surface area contributed by atoms with E-state index in [1.54, 1.807) is 0 Å². The third kappa shape index (κ3) is 4.31. The van der Waals surface area contributed by atoms with Gasteiger partial charge in [-0.15, -0.1) is 0 Å². The molecule has 0 aliphatic carbocycles. The van der Waals surface area contributed by atoms with Crippen LogP contribution in [0.5, 0.6) is 0 Å². The Morgan fingerprint density at radius 3 is 2.00 bits per heavy atom. The molecular weight excluding hydrogens is 358 g/mol. The van der Waals surface area contributed by atoms with Gasteiger partial charge in [0.05, 0.1) is 13.2 Å². The van der Waals surface area contributed by atoms with E-state index in [-0.39, 0.29) is 0 Å². The number of aliphatic hydroxyl groups is 7. The number of hydrogen-bond donors (Lipinski definition) is 8. The average Bonchev–Trinajstić information content (AvgIpc) is 2.60. The largest absolute Gasteiger partial charge is 0.394 e. The van der Waals surface area contributed by atoms with Crippen LogP contribution in [-0.2, 0) is 19.0 Å². The van der Waals surface area contributed by atoms with Crippen molar-refractivity contribution in [1.29, 1.82) is 0 Å². The summed E-state index contributed by atoms with van der Waals surface area (Å²) in [4.78, 5) is 11.4. The van der Waals surface area contributed by atoms with E-state index in [0.717, 1.165) is 6.92 Å². The summed E-state index contributed by atoms with van der Waals surface area (Å²) in [6, 6.07) is -1.29. The van der Waals surface area contributed by atoms with Crippen LogP contribution < -0.4 is 5.32 Å². The van der Waals surface area contributed by atoms with Crippen molar-refractivity contribution in [2.45, 2.75) is 68.3 Å². The fourth-order valence-corrected chi connectivity index (χ4v) is 2.96. The molecule has 26 heavy (non-hydrogen) atoms. The highest BCUT2D eigenvalue weighted by atomic mass is 16.7. The van der Waals surface area contributed by atoms with Crippen molar-refractivity contribution in [3.63, 3.8) is 0 Å². The number of hydrogen-bond acceptors (Lipinski definition) is 11. The zero-order valence-electron chi connectivity index (χ0n) is 14.0. The minimum atomic E-state index is -1.76. The van der Waals surface area contributed by atoms with Gasteiger partial charge >= 0.3 is 0 Å². The summed E-state index contributed by atoms with van der Waals surface area (Å²) in [5.74, 6) is -0.581. The molecule has 2 aliphatic heterocycles. The second-order valence-electron chi connectivity index (χ2n) is 6.26. The van der Waals surface area contributed by atoms with Gasteiger partial charge in [0.15, 0.2) is 12.6 Å². The molecule has 2 saturated heterocycles. The van der Waals surface area contributed by atoms with Crippen molar-refractivity contribution in [3.05, 3.63) is 0 Å². The van der Waals surface area contributed by atoms with Crippen molar-refractivity contribution in [1.82, 2.24) is 5.32 Å². The van der Waals surface area contributed by atoms with Gasteiger partial charge in [0, 0.05) is 6.92 Å². The van der Waals surface area contributed by atoms with Crippen LogP contribution in [0.1, 0.15) is 6.92 Å². The number of nitrogens with one attached hydrogen (secondary N) is 1. The third-order valence-electron chi connectivity index (χ3n) is 4.38. The highest BCUT2D eigenvalue weighted by molar-refractivity contribution is 5.73. The highest BCUT2D eigenvalue weighted by Gasteiger charge is 2.50. The number of rotatable bonds is 5. The van der Waals surface area contributed by atoms with E-state index in [2.05, 4.69) is 5.32 Å². The van der Waals surface area contributed by atoms with Crippen LogP contribution in [-0.4, -0.2) is 116 Å². The Balaban J connectivity index is 2.18. The lowest BCUT2D eigenvalue weighted by atomic mass is 9.96. The molecule has 0 aromatic heterocycles. The summed E-state index contributed by atoms with van der Waals surface area (Å²) in [6.45, 7) is -0.183. The molecule has 2 aliphatic rings. The van der Waals surface area contributed by atoms with Crippen LogP contribution >= 0.6 is 0 Å². The molecule has 0 saturated carbocycles. The van der Waals surface area contributed by atoms with E-state index < -0.39 is 80.5 Å². The quantitative estimate of drug-likeness (QED) is 0.226. The summed E-state index contributed by atoms with van der Waals surface area (Å²) < 4.78 is 15.7. The lowest BCUT2D eigenvalue weighted by Gasteiger charge is -2.46. The molecule has 0 bridgehead atoms. The monoisotopic (exact) mass is 383 g/mol. The van der Waals surface area contributed by atoms with Crippen molar-refractivity contribution in [2.24, 2.45) is 0 Å². The van der Waals surface area contributed by atoms with Crippen LogP contribution in [0.15, 0.2) is 0 Å². The molecule has 0 aromatic carbocycles. The first-order valence-electron chi connectivity index (χ1n) is 8.06. The lowest BCUT2D eigenvalue weighted by Crippen LogP contribution is -2.67. The maximum atomic E-state index is 11.4. The number of ether oxygens (including phenoxy) is 3. The predicted molar refractivity (Wildman–Crippen MR) is 80.2 cm³/mol. The van der Waals surface area contributed by atoms with Crippen molar-refractivity contribution in [2.75, 3.05) is 13.2 Å². The first kappa shape index (κ1) is 21.4. The molecule has 1 amide bonds. The molecule has 2 heterocycles. The Kier molecular flexibility index (Phi) is 7.27. The van der Waals surface area contributed by atoms with E-state index in [1.165, 1.54) is 0 Å². The molecule has 10 atom stereocenters. The number of carbonyl (C=O) groups is 1. The first-order valence-corrected chi connectivity index (χ1v) is 8.06. The molecular formula is C14H25NO11. The fraction of sp³-hybridized carbons (Fsp3) is 0.929. The molecule has 0 spiro atoms. The number of amides is 1. The van der Waals surface area contributed by atoms with Gasteiger partial charge in [0.25, 0.3) is 0 Å². The fourth-order valence-electron chi connectivity index (χ4n) is 2.96. The van der Waals surface area contributed by atoms with E-state index >= 15 is 0 Å². The van der Waals surface area contributed by atoms with Gasteiger partial charge in [-0.3, -0.25) is 4.79 Å². The standard InChI is InChI=1S/C14H25NO11/c1-4(18)15-7-10(21)8(19)6(3-17)25-14(7)26-12-11(22)9(20)5(2-16)24-13(12)23/h5-14,16-17,19-23H,2-3H2,1H3,(H,15,18)/t5-,6-,7-,8-,9-,10-,11+,12+,13-,14?/m1/s1. The molecule has 2 fully saturated rings. The van der Waals surface area contributed by atoms with E-state index in [4.69, 9.17) is 19.3 Å². The Hall–Kier alpha value is -0.930. The molecule has 12 heteroatoms. The zero-order chi connectivity index (χ0) is 19.6. The summed E-state index contributed by atoms with van der Waals surface area (Å²) >= 11 is 0. The van der Waals surface area contributed by atoms with Gasteiger partial charge < -0.3 is 55.3 Å². The Labute approximate surface area is 148 Å². The molecule has 8 N–H and O–H groups in total. The zero-order valence-corrected chi connectivity index (χ0v) is 14.0. The predicted octanol–water partition coefficient (Wildman–Crippen LogP) is -5.25. The average molecular weight is 383 g/mol. The summed E-state index contributed by atoms with van der Waals surface area (Å²) in [7, 11) is 0. The molecule has 2 rings (SSSR count). The summed E-state index contributed by atoms with van der Waals surface area (Å²) in [5.41, 5.74) is 0. The number of carbonyl (C=O) groups excluding carboxylic acids is 1. The summed E-state index contributed by atoms with van der Waals surface area (Å²) in [5, 5.41) is 70.7. The van der Waals surface area contributed by atoms with E-state index in [1.807, 2.05) is 0 Å². The molecule has 152 valence electrons. The maximum absolute atomic E-state index is 11.4. The van der Waals surface area contributed by atoms with Crippen molar-refractivity contribution >= 4 is 5.91 Å². The molecule has 1 unspecified atom stereocenters. The van der Waals surface area contributed by atoms with Crippen LogP contribution in [0.25, 0.3) is 0 Å².